The predicted molar refractivity (Wildman–Crippen MR) is 126 cm³/mol. The summed E-state index contributed by atoms with van der Waals surface area (Å²) in [5, 5.41) is 0.458. The van der Waals surface area contributed by atoms with Gasteiger partial charge in [0.1, 0.15) is 5.83 Å². The molecule has 1 heterocycles. The summed E-state index contributed by atoms with van der Waals surface area (Å²) in [5.41, 5.74) is -3.61. The Balaban J connectivity index is 2.30. The number of alkyl halides is 3. The van der Waals surface area contributed by atoms with E-state index in [-0.39, 0.29) is 24.6 Å². The van der Waals surface area contributed by atoms with Crippen molar-refractivity contribution in [2.45, 2.75) is 23.9 Å². The van der Waals surface area contributed by atoms with Gasteiger partial charge in [-0.25, -0.2) is 17.6 Å². The molecule has 0 fully saturated rings. The molecule has 2 aromatic carbocycles. The number of hydrogen-bond donors (Lipinski definition) is 1. The second-order valence-electron chi connectivity index (χ2n) is 7.94. The van der Waals surface area contributed by atoms with Crippen molar-refractivity contribution in [3.8, 4) is 11.1 Å². The molecule has 0 saturated heterocycles. The van der Waals surface area contributed by atoms with E-state index in [1.165, 1.54) is 23.1 Å². The van der Waals surface area contributed by atoms with Crippen LogP contribution in [-0.2, 0) is 16.4 Å². The third-order valence-electron chi connectivity index (χ3n) is 5.42. The molecule has 0 atom stereocenters. The van der Waals surface area contributed by atoms with Gasteiger partial charge in [0.05, 0.1) is 11.4 Å². The minimum Gasteiger partial charge on any atom is -0.345 e. The predicted octanol–water partition coefficient (Wildman–Crippen LogP) is 5.21. The van der Waals surface area contributed by atoms with Gasteiger partial charge in [-0.3, -0.25) is 4.79 Å². The number of rotatable bonds is 7. The molecule has 188 valence electrons. The number of sulfone groups is 1. The minimum absolute atomic E-state index is 0.0668. The third-order valence-corrected chi connectivity index (χ3v) is 7.06. The lowest BCUT2D eigenvalue weighted by Crippen LogP contribution is -2.23. The normalized spacial score (nSPS) is 12.9. The fourth-order valence-corrected chi connectivity index (χ4v) is 4.64. The molecule has 3 rings (SSSR count). The lowest BCUT2D eigenvalue weighted by Gasteiger charge is -2.11. The lowest BCUT2D eigenvalue weighted by atomic mass is 10.0. The van der Waals surface area contributed by atoms with Crippen LogP contribution in [0.3, 0.4) is 0 Å². The molecular weight excluding hydrogens is 510 g/mol. The maximum absolute atomic E-state index is 14.5. The SMILES string of the molecule is Cc1c(-c2cccc(S(=O)(=O)C(F)(F)F)c2)c2cc(C(=O)N(C)C)ccc2n1C/C(F)=C/CNCl. The number of fused-ring (bicyclic) bond motifs is 1. The number of benzene rings is 2. The second-order valence-corrected chi connectivity index (χ2v) is 10.2. The van der Waals surface area contributed by atoms with Gasteiger partial charge in [0, 0.05) is 48.4 Å². The maximum Gasteiger partial charge on any atom is 0.501 e. The number of halogens is 5. The first-order valence-electron chi connectivity index (χ1n) is 10.2. The van der Waals surface area contributed by atoms with E-state index in [2.05, 4.69) is 4.84 Å². The number of nitrogens with zero attached hydrogens (tertiary/aromatic N) is 2. The van der Waals surface area contributed by atoms with E-state index in [0.717, 1.165) is 12.1 Å². The van der Waals surface area contributed by atoms with Crippen LogP contribution < -0.4 is 4.84 Å². The van der Waals surface area contributed by atoms with Crippen LogP contribution in [0.25, 0.3) is 22.0 Å². The second kappa shape index (κ2) is 10.00. The van der Waals surface area contributed by atoms with Crippen molar-refractivity contribution in [2.24, 2.45) is 0 Å². The Bertz CT molecular complexity index is 1410. The highest BCUT2D eigenvalue weighted by molar-refractivity contribution is 7.92. The molecule has 35 heavy (non-hydrogen) atoms. The van der Waals surface area contributed by atoms with E-state index in [1.807, 2.05) is 0 Å². The van der Waals surface area contributed by atoms with Crippen LogP contribution in [0.4, 0.5) is 17.6 Å². The fourth-order valence-electron chi connectivity index (χ4n) is 3.76. The molecule has 0 unspecified atom stereocenters. The first kappa shape index (κ1) is 26.7. The molecule has 1 N–H and O–H groups in total. The average molecular weight is 532 g/mol. The Morgan fingerprint density at radius 3 is 2.46 bits per heavy atom. The van der Waals surface area contributed by atoms with Gasteiger partial charge in [-0.1, -0.05) is 12.1 Å². The summed E-state index contributed by atoms with van der Waals surface area (Å²) in [6, 6.07) is 9.21. The Labute approximate surface area is 204 Å². The van der Waals surface area contributed by atoms with E-state index < -0.39 is 26.1 Å². The molecule has 3 aromatic rings. The Kier molecular flexibility index (Phi) is 7.63. The van der Waals surface area contributed by atoms with Crippen molar-refractivity contribution in [2.75, 3.05) is 20.6 Å². The van der Waals surface area contributed by atoms with Gasteiger partial charge in [0.2, 0.25) is 0 Å². The largest absolute Gasteiger partial charge is 0.501 e. The highest BCUT2D eigenvalue weighted by Crippen LogP contribution is 2.38. The summed E-state index contributed by atoms with van der Waals surface area (Å²) in [5.74, 6) is -0.831. The first-order chi connectivity index (χ1) is 16.3. The van der Waals surface area contributed by atoms with Gasteiger partial charge >= 0.3 is 5.51 Å². The highest BCUT2D eigenvalue weighted by Gasteiger charge is 2.47. The van der Waals surface area contributed by atoms with Gasteiger partial charge < -0.3 is 9.47 Å². The number of amides is 1. The number of hydrogen-bond acceptors (Lipinski definition) is 4. The summed E-state index contributed by atoms with van der Waals surface area (Å²) in [7, 11) is -2.44. The van der Waals surface area contributed by atoms with Crippen molar-refractivity contribution in [3.05, 3.63) is 65.6 Å². The fraction of sp³-hybridized carbons (Fsp3) is 0.261. The summed E-state index contributed by atoms with van der Waals surface area (Å²) < 4.78 is 79.6. The Hall–Kier alpha value is -2.89. The van der Waals surface area contributed by atoms with E-state index >= 15 is 0 Å². The van der Waals surface area contributed by atoms with Gasteiger partial charge in [-0.2, -0.15) is 13.2 Å². The van der Waals surface area contributed by atoms with E-state index in [1.54, 1.807) is 43.8 Å². The van der Waals surface area contributed by atoms with E-state index in [9.17, 15) is 30.8 Å². The van der Waals surface area contributed by atoms with Gasteiger partial charge in [-0.05, 0) is 60.7 Å². The standard InChI is InChI=1S/C23H22ClF4N3O3S/c1-14-21(15-5-4-6-18(11-15)35(33,34)23(26,27)28)19-12-16(22(32)30(2)3)7-8-20(19)31(14)13-17(25)9-10-29-24/h4-9,11-12,29H,10,13H2,1-3H3/b17-9-. The smallest absolute Gasteiger partial charge is 0.345 e. The minimum atomic E-state index is -5.58. The molecule has 0 aliphatic carbocycles. The quantitative estimate of drug-likeness (QED) is 0.336. The average Bonchev–Trinajstić information content (AvgIpc) is 3.06. The number of allylic oxidation sites excluding steroid dienone is 1. The third kappa shape index (κ3) is 5.21. The Morgan fingerprint density at radius 1 is 1.17 bits per heavy atom. The molecule has 0 radical (unpaired) electrons. The summed E-state index contributed by atoms with van der Waals surface area (Å²) in [4.78, 5) is 15.3. The van der Waals surface area contributed by atoms with Crippen molar-refractivity contribution >= 4 is 38.4 Å². The van der Waals surface area contributed by atoms with Crippen LogP contribution in [0.15, 0.2) is 59.3 Å². The van der Waals surface area contributed by atoms with Gasteiger partial charge in [0.15, 0.2) is 0 Å². The van der Waals surface area contributed by atoms with Crippen molar-refractivity contribution in [1.82, 2.24) is 14.3 Å². The van der Waals surface area contributed by atoms with Crippen molar-refractivity contribution in [1.29, 1.82) is 0 Å². The van der Waals surface area contributed by atoms with Crippen LogP contribution in [0.1, 0.15) is 16.1 Å². The molecule has 0 aliphatic rings. The number of carbonyl (C=O) groups is 1. The van der Waals surface area contributed by atoms with Gasteiger partial charge in [0.25, 0.3) is 15.7 Å². The van der Waals surface area contributed by atoms with Crippen molar-refractivity contribution < 1.29 is 30.8 Å². The van der Waals surface area contributed by atoms with Gasteiger partial charge in [-0.15, -0.1) is 0 Å². The number of carbonyl (C=O) groups excluding carboxylic acids is 1. The van der Waals surface area contributed by atoms with Crippen LogP contribution in [0.5, 0.6) is 0 Å². The van der Waals surface area contributed by atoms with Crippen LogP contribution in [0.2, 0.25) is 0 Å². The van der Waals surface area contributed by atoms with Crippen molar-refractivity contribution in [3.63, 3.8) is 0 Å². The molecule has 1 aromatic heterocycles. The molecule has 6 nitrogen and oxygen atoms in total. The molecule has 1 amide bonds. The molecular formula is C23H22ClF4N3O3S. The van der Waals surface area contributed by atoms with Crippen LogP contribution >= 0.6 is 11.8 Å². The first-order valence-corrected chi connectivity index (χ1v) is 12.1. The van der Waals surface area contributed by atoms with E-state index in [0.29, 0.717) is 27.7 Å². The molecule has 0 saturated carbocycles. The molecule has 0 bridgehead atoms. The van der Waals surface area contributed by atoms with Crippen LogP contribution in [-0.4, -0.2) is 49.9 Å². The topological polar surface area (TPSA) is 71.4 Å². The van der Waals surface area contributed by atoms with Crippen LogP contribution in [0, 0.1) is 6.92 Å². The molecule has 12 heteroatoms. The zero-order valence-corrected chi connectivity index (χ0v) is 20.5. The zero-order chi connectivity index (χ0) is 26.1. The summed E-state index contributed by atoms with van der Waals surface area (Å²) >= 11 is 5.38. The Morgan fingerprint density at radius 2 is 1.86 bits per heavy atom. The monoisotopic (exact) mass is 531 g/mol. The zero-order valence-electron chi connectivity index (χ0n) is 19.0. The summed E-state index contributed by atoms with van der Waals surface area (Å²) in [6.45, 7) is 1.50. The summed E-state index contributed by atoms with van der Waals surface area (Å²) in [6.07, 6.45) is 1.23. The molecule has 0 aliphatic heterocycles. The van der Waals surface area contributed by atoms with E-state index in [4.69, 9.17) is 11.8 Å². The maximum atomic E-state index is 14.5. The number of aromatic nitrogens is 1. The lowest BCUT2D eigenvalue weighted by molar-refractivity contribution is -0.0436. The number of nitrogens with one attached hydrogen (secondary N) is 1. The molecule has 0 spiro atoms. The highest BCUT2D eigenvalue weighted by atomic mass is 35.5.